The molecule has 0 aliphatic carbocycles. The number of benzene rings is 2. The third kappa shape index (κ3) is 5.73. The van der Waals surface area contributed by atoms with Crippen LogP contribution in [0.2, 0.25) is 4.34 Å². The maximum absolute atomic E-state index is 13.5. The zero-order valence-electron chi connectivity index (χ0n) is 18.3. The average molecular weight is 542 g/mol. The molecule has 2 aromatic carbocycles. The first-order chi connectivity index (χ1) is 16.5. The molecular formula is C23H19ClF3N3O3S2. The molecule has 0 bridgehead atoms. The maximum Gasteiger partial charge on any atom is 0.419 e. The van der Waals surface area contributed by atoms with E-state index in [2.05, 4.69) is 4.72 Å². The van der Waals surface area contributed by atoms with Gasteiger partial charge in [-0.3, -0.25) is 4.72 Å². The second-order valence-corrected chi connectivity index (χ2v) is 11.6. The van der Waals surface area contributed by atoms with Crippen LogP contribution in [-0.2, 0) is 16.2 Å². The number of ether oxygens (including phenoxy) is 1. The smallest absolute Gasteiger partial charge is 0.419 e. The fourth-order valence-corrected chi connectivity index (χ4v) is 6.54. The van der Waals surface area contributed by atoms with Gasteiger partial charge in [0.1, 0.15) is 20.4 Å². The summed E-state index contributed by atoms with van der Waals surface area (Å²) >= 11 is 7.08. The van der Waals surface area contributed by atoms with Crippen LogP contribution in [0.15, 0.2) is 52.7 Å². The Bertz CT molecular complexity index is 1400. The zero-order chi connectivity index (χ0) is 25.4. The van der Waals surface area contributed by atoms with Crippen LogP contribution in [0.3, 0.4) is 0 Å². The number of sulfonamides is 1. The summed E-state index contributed by atoms with van der Waals surface area (Å²) in [7, 11) is -2.32. The van der Waals surface area contributed by atoms with Crippen LogP contribution < -0.4 is 9.46 Å². The summed E-state index contributed by atoms with van der Waals surface area (Å²) in [6.45, 7) is 1.16. The monoisotopic (exact) mass is 541 g/mol. The third-order valence-corrected chi connectivity index (χ3v) is 8.63. The normalized spacial score (nSPS) is 16.7. The molecule has 12 heteroatoms. The van der Waals surface area contributed by atoms with Crippen molar-refractivity contribution >= 4 is 38.6 Å². The highest BCUT2D eigenvalue weighted by Gasteiger charge is 2.36. The number of anilines is 1. The van der Waals surface area contributed by atoms with Crippen molar-refractivity contribution in [1.82, 2.24) is 4.90 Å². The minimum atomic E-state index is -4.66. The van der Waals surface area contributed by atoms with Crippen molar-refractivity contribution in [3.63, 3.8) is 0 Å². The second kappa shape index (κ2) is 9.70. The Hall–Kier alpha value is -2.78. The molecule has 0 amide bonds. The number of halogens is 4. The molecule has 1 fully saturated rings. The molecular weight excluding hydrogens is 523 g/mol. The molecule has 3 aromatic rings. The maximum atomic E-state index is 13.5. The number of alkyl halides is 3. The Morgan fingerprint density at radius 1 is 1.23 bits per heavy atom. The van der Waals surface area contributed by atoms with Crippen LogP contribution in [0.25, 0.3) is 11.1 Å². The molecule has 184 valence electrons. The fraction of sp³-hybridized carbons (Fsp3) is 0.261. The quantitative estimate of drug-likeness (QED) is 0.424. The van der Waals surface area contributed by atoms with E-state index in [1.807, 2.05) is 18.0 Å². The zero-order valence-corrected chi connectivity index (χ0v) is 20.7. The van der Waals surface area contributed by atoms with Gasteiger partial charge in [0.05, 0.1) is 22.9 Å². The Kier molecular flexibility index (Phi) is 7.02. The molecule has 1 aliphatic heterocycles. The SMILES string of the molecule is CN1CC[C@@H](Oc2cc(NS(=O)(=O)c3cc(-c4cccc(C#N)c4)c(Cl)s3)ccc2C(F)(F)F)C1. The summed E-state index contributed by atoms with van der Waals surface area (Å²) in [5.41, 5.74) is 0.332. The topological polar surface area (TPSA) is 82.4 Å². The van der Waals surface area contributed by atoms with Crippen LogP contribution in [0.1, 0.15) is 17.5 Å². The van der Waals surface area contributed by atoms with Gasteiger partial charge in [-0.2, -0.15) is 18.4 Å². The molecule has 1 N–H and O–H groups in total. The number of likely N-dealkylation sites (N-methyl/N-ethyl adjacent to an activating group) is 1. The molecule has 35 heavy (non-hydrogen) atoms. The summed E-state index contributed by atoms with van der Waals surface area (Å²) in [6.07, 6.45) is -4.53. The predicted octanol–water partition coefficient (Wildman–Crippen LogP) is 5.84. The van der Waals surface area contributed by atoms with E-state index in [-0.39, 0.29) is 14.2 Å². The molecule has 2 heterocycles. The summed E-state index contributed by atoms with van der Waals surface area (Å²) in [6, 6.07) is 12.8. The van der Waals surface area contributed by atoms with Crippen molar-refractivity contribution in [2.24, 2.45) is 0 Å². The highest BCUT2D eigenvalue weighted by atomic mass is 35.5. The van der Waals surface area contributed by atoms with E-state index in [9.17, 15) is 21.6 Å². The highest BCUT2D eigenvalue weighted by molar-refractivity contribution is 7.94. The second-order valence-electron chi connectivity index (χ2n) is 8.05. The van der Waals surface area contributed by atoms with Crippen molar-refractivity contribution in [2.45, 2.75) is 22.9 Å². The molecule has 0 radical (unpaired) electrons. The van der Waals surface area contributed by atoms with E-state index in [0.717, 1.165) is 29.5 Å². The lowest BCUT2D eigenvalue weighted by atomic mass is 10.1. The minimum Gasteiger partial charge on any atom is -0.488 e. The standard InChI is InChI=1S/C23H19ClF3N3O3S2/c1-30-8-7-17(13-30)33-20-10-16(5-6-19(20)23(25,26)27)29-35(31,32)21-11-18(22(24)34-21)15-4-2-3-14(9-15)12-28/h2-6,9-11,17,29H,7-8,13H2,1H3/t17-/m1/s1. The van der Waals surface area contributed by atoms with E-state index in [1.54, 1.807) is 24.3 Å². The van der Waals surface area contributed by atoms with Crippen LogP contribution in [0.5, 0.6) is 5.75 Å². The minimum absolute atomic E-state index is 0.0723. The van der Waals surface area contributed by atoms with Crippen molar-refractivity contribution in [3.05, 3.63) is 64.0 Å². The molecule has 0 saturated carbocycles. The Morgan fingerprint density at radius 3 is 2.66 bits per heavy atom. The van der Waals surface area contributed by atoms with E-state index in [4.69, 9.17) is 21.6 Å². The van der Waals surface area contributed by atoms with Crippen molar-refractivity contribution in [1.29, 1.82) is 5.26 Å². The molecule has 6 nitrogen and oxygen atoms in total. The van der Waals surface area contributed by atoms with Crippen LogP contribution in [-0.4, -0.2) is 39.6 Å². The number of nitrogens with one attached hydrogen (secondary N) is 1. The summed E-state index contributed by atoms with van der Waals surface area (Å²) in [5, 5.41) is 9.10. The van der Waals surface area contributed by atoms with Crippen LogP contribution in [0.4, 0.5) is 18.9 Å². The Labute approximate surface area is 209 Å². The number of rotatable bonds is 6. The third-order valence-electron chi connectivity index (χ3n) is 5.41. The molecule has 1 aromatic heterocycles. The Balaban J connectivity index is 1.63. The van der Waals surface area contributed by atoms with Gasteiger partial charge in [-0.1, -0.05) is 23.7 Å². The van der Waals surface area contributed by atoms with Gasteiger partial charge in [-0.15, -0.1) is 11.3 Å². The fourth-order valence-electron chi connectivity index (χ4n) is 3.73. The number of hydrogen-bond donors (Lipinski definition) is 1. The average Bonchev–Trinajstić information content (AvgIpc) is 3.38. The van der Waals surface area contributed by atoms with Gasteiger partial charge in [-0.25, -0.2) is 8.42 Å². The van der Waals surface area contributed by atoms with Crippen molar-refractivity contribution in [2.75, 3.05) is 24.9 Å². The molecule has 1 atom stereocenters. The molecule has 1 saturated heterocycles. The summed E-state index contributed by atoms with van der Waals surface area (Å²) in [4.78, 5) is 1.94. The highest BCUT2D eigenvalue weighted by Crippen LogP contribution is 2.41. The van der Waals surface area contributed by atoms with Crippen molar-refractivity contribution < 1.29 is 26.3 Å². The lowest BCUT2D eigenvalue weighted by molar-refractivity contribution is -0.139. The van der Waals surface area contributed by atoms with Gasteiger partial charge in [0.2, 0.25) is 0 Å². The van der Waals surface area contributed by atoms with Gasteiger partial charge in [-0.05, 0) is 49.4 Å². The summed E-state index contributed by atoms with van der Waals surface area (Å²) < 4.78 is 74.7. The Morgan fingerprint density at radius 2 is 2.00 bits per heavy atom. The predicted molar refractivity (Wildman–Crippen MR) is 128 cm³/mol. The number of likely N-dealkylation sites (tertiary alicyclic amines) is 1. The molecule has 4 rings (SSSR count). The van der Waals surface area contributed by atoms with Gasteiger partial charge in [0.25, 0.3) is 10.0 Å². The number of hydrogen-bond acceptors (Lipinski definition) is 6. The first-order valence-corrected chi connectivity index (χ1v) is 13.0. The lowest BCUT2D eigenvalue weighted by Gasteiger charge is -2.19. The van der Waals surface area contributed by atoms with Crippen LogP contribution in [0, 0.1) is 11.3 Å². The van der Waals surface area contributed by atoms with Gasteiger partial charge in [0, 0.05) is 24.7 Å². The lowest BCUT2D eigenvalue weighted by Crippen LogP contribution is -2.23. The van der Waals surface area contributed by atoms with Gasteiger partial charge in [0.15, 0.2) is 0 Å². The first kappa shape index (κ1) is 25.3. The van der Waals surface area contributed by atoms with E-state index < -0.39 is 33.6 Å². The molecule has 0 spiro atoms. The number of nitrogens with zero attached hydrogens (tertiary/aromatic N) is 2. The largest absolute Gasteiger partial charge is 0.488 e. The summed E-state index contributed by atoms with van der Waals surface area (Å²) in [5.74, 6) is -0.434. The van der Waals surface area contributed by atoms with E-state index in [0.29, 0.717) is 36.2 Å². The van der Waals surface area contributed by atoms with Gasteiger partial charge < -0.3 is 9.64 Å². The van der Waals surface area contributed by atoms with Crippen LogP contribution >= 0.6 is 22.9 Å². The number of thiophene rings is 1. The van der Waals surface area contributed by atoms with Gasteiger partial charge >= 0.3 is 6.18 Å². The molecule has 1 aliphatic rings. The van der Waals surface area contributed by atoms with Crippen molar-refractivity contribution in [3.8, 4) is 22.9 Å². The number of nitriles is 1. The first-order valence-electron chi connectivity index (χ1n) is 10.4. The van der Waals surface area contributed by atoms with E-state index >= 15 is 0 Å². The van der Waals surface area contributed by atoms with E-state index in [1.165, 1.54) is 6.07 Å². The molecule has 0 unspecified atom stereocenters.